The van der Waals surface area contributed by atoms with Crippen LogP contribution in [0, 0.1) is 23.6 Å². The van der Waals surface area contributed by atoms with Gasteiger partial charge in [-0.05, 0) is 75.3 Å². The Bertz CT molecular complexity index is 1000. The minimum atomic E-state index is -0.420. The van der Waals surface area contributed by atoms with Crippen LogP contribution in [0.25, 0.3) is 0 Å². The molecule has 1 heterocycles. The lowest BCUT2D eigenvalue weighted by Gasteiger charge is -2.57. The number of thioether (sulfide) groups is 1. The van der Waals surface area contributed by atoms with Gasteiger partial charge in [-0.3, -0.25) is 9.36 Å². The smallest absolute Gasteiger partial charge is 0.233 e. The second kappa shape index (κ2) is 9.12. The zero-order chi connectivity index (χ0) is 23.0. The number of rotatable bonds is 9. The number of hydrogen-bond acceptors (Lipinski definition) is 5. The molecule has 4 aliphatic carbocycles. The van der Waals surface area contributed by atoms with Crippen molar-refractivity contribution in [3.63, 3.8) is 0 Å². The number of para-hydroxylation sites is 1. The molecule has 4 fully saturated rings. The third kappa shape index (κ3) is 4.67. The van der Waals surface area contributed by atoms with Crippen molar-refractivity contribution in [3.05, 3.63) is 48.6 Å². The van der Waals surface area contributed by atoms with Crippen LogP contribution in [0.15, 0.2) is 42.1 Å². The number of nitrogens with one attached hydrogen (secondary N) is 1. The van der Waals surface area contributed by atoms with Gasteiger partial charge in [-0.2, -0.15) is 0 Å². The molecule has 1 unspecified atom stereocenters. The van der Waals surface area contributed by atoms with E-state index in [1.165, 1.54) is 37.1 Å². The molecule has 2 aromatic rings. The topological polar surface area (TPSA) is 69.0 Å². The van der Waals surface area contributed by atoms with E-state index in [2.05, 4.69) is 22.1 Å². The second-order valence-corrected chi connectivity index (χ2v) is 11.3. The van der Waals surface area contributed by atoms with Crippen molar-refractivity contribution in [2.24, 2.45) is 17.8 Å². The molecule has 176 valence electrons. The molecule has 1 N–H and O–H groups in total. The minimum absolute atomic E-state index is 0.00575. The minimum Gasteiger partial charge on any atom is -0.483 e. The van der Waals surface area contributed by atoms with E-state index in [1.54, 1.807) is 24.3 Å². The van der Waals surface area contributed by atoms with Gasteiger partial charge in [0.25, 0.3) is 0 Å². The monoisotopic (exact) mass is 470 g/mol. The van der Waals surface area contributed by atoms with Gasteiger partial charge in [0, 0.05) is 12.1 Å². The molecule has 8 heteroatoms. The van der Waals surface area contributed by atoms with Gasteiger partial charge in [0.1, 0.15) is 6.61 Å². The molecule has 1 aromatic carbocycles. The molecule has 4 bridgehead atoms. The van der Waals surface area contributed by atoms with E-state index in [9.17, 15) is 9.18 Å². The van der Waals surface area contributed by atoms with Crippen LogP contribution in [0.1, 0.15) is 51.3 Å². The first-order valence-corrected chi connectivity index (χ1v) is 12.7. The molecule has 6 rings (SSSR count). The van der Waals surface area contributed by atoms with E-state index >= 15 is 0 Å². The number of hydrogen-bond donors (Lipinski definition) is 1. The number of halogens is 1. The normalized spacial score (nSPS) is 28.5. The van der Waals surface area contributed by atoms with Gasteiger partial charge in [0.15, 0.2) is 22.5 Å². The van der Waals surface area contributed by atoms with E-state index < -0.39 is 5.82 Å². The maximum Gasteiger partial charge on any atom is 0.233 e. The Morgan fingerprint density at radius 1 is 1.27 bits per heavy atom. The third-order valence-electron chi connectivity index (χ3n) is 7.38. The fourth-order valence-corrected chi connectivity index (χ4v) is 7.25. The molecule has 33 heavy (non-hydrogen) atoms. The average Bonchev–Trinajstić information content (AvgIpc) is 3.13. The quantitative estimate of drug-likeness (QED) is 0.423. The highest BCUT2D eigenvalue weighted by Crippen LogP contribution is 2.55. The average molecular weight is 471 g/mol. The van der Waals surface area contributed by atoms with Crippen LogP contribution in [0.5, 0.6) is 5.75 Å². The first-order valence-electron chi connectivity index (χ1n) is 11.8. The van der Waals surface area contributed by atoms with Crippen LogP contribution >= 0.6 is 11.8 Å². The van der Waals surface area contributed by atoms with Crippen molar-refractivity contribution < 1.29 is 13.9 Å². The van der Waals surface area contributed by atoms with Crippen LogP contribution in [0.4, 0.5) is 4.39 Å². The standard InChI is InChI=1S/C25H31FN4O2S/c1-3-8-30-22(15-32-21-7-5-4-6-20(21)26)28-29-24(30)33-16(2)23(31)27-25-12-17-9-18(13-25)11-19(10-17)14-25/h3-7,16-19H,1,8-15H2,2H3,(H,27,31). The van der Waals surface area contributed by atoms with Crippen molar-refractivity contribution in [1.82, 2.24) is 20.1 Å². The fraction of sp³-hybridized carbons (Fsp3) is 0.560. The third-order valence-corrected chi connectivity index (χ3v) is 8.46. The van der Waals surface area contributed by atoms with Gasteiger partial charge >= 0.3 is 0 Å². The van der Waals surface area contributed by atoms with Crippen LogP contribution in [0.2, 0.25) is 0 Å². The van der Waals surface area contributed by atoms with Gasteiger partial charge in [0.05, 0.1) is 5.25 Å². The second-order valence-electron chi connectivity index (χ2n) is 9.96. The zero-order valence-electron chi connectivity index (χ0n) is 19.0. The van der Waals surface area contributed by atoms with Gasteiger partial charge in [-0.1, -0.05) is 30.0 Å². The van der Waals surface area contributed by atoms with Crippen molar-refractivity contribution >= 4 is 17.7 Å². The number of carbonyl (C=O) groups excluding carboxylic acids is 1. The van der Waals surface area contributed by atoms with Crippen LogP contribution in [0.3, 0.4) is 0 Å². The molecule has 6 nitrogen and oxygen atoms in total. The predicted molar refractivity (Wildman–Crippen MR) is 125 cm³/mol. The summed E-state index contributed by atoms with van der Waals surface area (Å²) >= 11 is 1.39. The van der Waals surface area contributed by atoms with E-state index in [-0.39, 0.29) is 29.1 Å². The van der Waals surface area contributed by atoms with Crippen LogP contribution in [-0.2, 0) is 17.9 Å². The largest absolute Gasteiger partial charge is 0.483 e. The van der Waals surface area contributed by atoms with E-state index in [1.807, 2.05) is 11.5 Å². The number of nitrogens with zero attached hydrogens (tertiary/aromatic N) is 3. The Morgan fingerprint density at radius 2 is 1.94 bits per heavy atom. The lowest BCUT2D eigenvalue weighted by Crippen LogP contribution is -2.60. The molecule has 1 amide bonds. The predicted octanol–water partition coefficient (Wildman–Crippen LogP) is 4.75. The summed E-state index contributed by atoms with van der Waals surface area (Å²) in [6, 6.07) is 6.27. The summed E-state index contributed by atoms with van der Waals surface area (Å²) in [5, 5.41) is 12.3. The first kappa shape index (κ1) is 22.4. The molecular formula is C25H31FN4O2S. The Balaban J connectivity index is 1.24. The lowest BCUT2D eigenvalue weighted by atomic mass is 9.53. The van der Waals surface area contributed by atoms with Crippen molar-refractivity contribution in [2.45, 2.75) is 74.5 Å². The van der Waals surface area contributed by atoms with E-state index in [0.29, 0.717) is 17.5 Å². The van der Waals surface area contributed by atoms with Crippen molar-refractivity contribution in [3.8, 4) is 5.75 Å². The Morgan fingerprint density at radius 3 is 2.58 bits per heavy atom. The summed E-state index contributed by atoms with van der Waals surface area (Å²) in [6.45, 7) is 6.30. The highest BCUT2D eigenvalue weighted by molar-refractivity contribution is 8.00. The first-order chi connectivity index (χ1) is 15.9. The number of carbonyl (C=O) groups is 1. The summed E-state index contributed by atoms with van der Waals surface area (Å²) in [5.41, 5.74) is -0.00575. The van der Waals surface area contributed by atoms with Crippen molar-refractivity contribution in [2.75, 3.05) is 0 Å². The number of allylic oxidation sites excluding steroid dienone is 1. The molecule has 1 aromatic heterocycles. The van der Waals surface area contributed by atoms with E-state index in [4.69, 9.17) is 4.74 Å². The maximum atomic E-state index is 13.9. The van der Waals surface area contributed by atoms with Crippen LogP contribution in [-0.4, -0.2) is 31.5 Å². The number of benzene rings is 1. The van der Waals surface area contributed by atoms with Gasteiger partial charge in [-0.25, -0.2) is 4.39 Å². The molecule has 4 aliphatic rings. The Hall–Kier alpha value is -2.35. The number of amides is 1. The van der Waals surface area contributed by atoms with Gasteiger partial charge < -0.3 is 10.1 Å². The number of aromatic nitrogens is 3. The fourth-order valence-electron chi connectivity index (χ4n) is 6.37. The maximum absolute atomic E-state index is 13.9. The number of ether oxygens (including phenoxy) is 1. The highest BCUT2D eigenvalue weighted by Gasteiger charge is 2.51. The van der Waals surface area contributed by atoms with E-state index in [0.717, 1.165) is 37.0 Å². The zero-order valence-corrected chi connectivity index (χ0v) is 19.8. The Labute approximate surface area is 198 Å². The molecule has 0 radical (unpaired) electrons. The molecule has 4 saturated carbocycles. The lowest BCUT2D eigenvalue weighted by molar-refractivity contribution is -0.126. The van der Waals surface area contributed by atoms with Gasteiger partial charge in [0.2, 0.25) is 5.91 Å². The van der Waals surface area contributed by atoms with Gasteiger partial charge in [-0.15, -0.1) is 16.8 Å². The SMILES string of the molecule is C=CCn1c(COc2ccccc2F)nnc1SC(C)C(=O)NC12CC3CC(CC(C3)C1)C2. The summed E-state index contributed by atoms with van der Waals surface area (Å²) in [6.07, 6.45) is 9.19. The summed E-state index contributed by atoms with van der Waals surface area (Å²) in [7, 11) is 0. The molecule has 0 spiro atoms. The molecule has 0 saturated heterocycles. The van der Waals surface area contributed by atoms with Crippen molar-refractivity contribution in [1.29, 1.82) is 0 Å². The summed E-state index contributed by atoms with van der Waals surface area (Å²) < 4.78 is 21.4. The summed E-state index contributed by atoms with van der Waals surface area (Å²) in [4.78, 5) is 13.2. The summed E-state index contributed by atoms with van der Waals surface area (Å²) in [5.74, 6) is 2.74. The molecular weight excluding hydrogens is 439 g/mol. The van der Waals surface area contributed by atoms with Crippen LogP contribution < -0.4 is 10.1 Å². The molecule has 1 atom stereocenters. The Kier molecular flexibility index (Phi) is 6.20. The highest BCUT2D eigenvalue weighted by atomic mass is 32.2. The molecule has 0 aliphatic heterocycles.